The molecule has 0 aromatic rings. The fourth-order valence-electron chi connectivity index (χ4n) is 0.518. The second kappa shape index (κ2) is 3.89. The molecule has 2 nitrogen and oxygen atoms in total. The molecule has 13 heavy (non-hydrogen) atoms. The van der Waals surface area contributed by atoms with Crippen LogP contribution >= 0.6 is 0 Å². The van der Waals surface area contributed by atoms with E-state index < -0.39 is 23.9 Å². The molecular formula is C8H12F3NO. The van der Waals surface area contributed by atoms with E-state index in [0.29, 0.717) is 0 Å². The maximum atomic E-state index is 11.7. The number of alkyl halides is 3. The van der Waals surface area contributed by atoms with E-state index in [-0.39, 0.29) is 0 Å². The lowest BCUT2D eigenvalue weighted by atomic mass is 10.1. The van der Waals surface area contributed by atoms with E-state index in [1.807, 2.05) is 0 Å². The monoisotopic (exact) mass is 195 g/mol. The summed E-state index contributed by atoms with van der Waals surface area (Å²) in [5.41, 5.74) is -0.439. The van der Waals surface area contributed by atoms with Crippen molar-refractivity contribution >= 4 is 12.0 Å². The van der Waals surface area contributed by atoms with Gasteiger partial charge in [-0.2, -0.15) is 13.2 Å². The number of carbonyl (C=O) groups is 1. The Morgan fingerprint density at radius 2 is 1.77 bits per heavy atom. The van der Waals surface area contributed by atoms with Crippen LogP contribution in [0.1, 0.15) is 27.2 Å². The van der Waals surface area contributed by atoms with Crippen LogP contribution in [0.4, 0.5) is 13.2 Å². The number of nitrogens with zero attached hydrogens (tertiary/aromatic N) is 1. The van der Waals surface area contributed by atoms with Crippen molar-refractivity contribution in [2.75, 3.05) is 0 Å². The van der Waals surface area contributed by atoms with Crippen LogP contribution in [0.2, 0.25) is 0 Å². The fourth-order valence-corrected chi connectivity index (χ4v) is 0.518. The third-order valence-corrected chi connectivity index (χ3v) is 1.07. The standard InChI is InChI=1S/C8H12F3NO/c1-7(2,3)12-5-4-6(13)8(9,10)11/h5H,4H2,1-3H3. The fraction of sp³-hybridized carbons (Fsp3) is 0.750. The summed E-state index contributed by atoms with van der Waals surface area (Å²) in [5.74, 6) is -1.76. The molecule has 0 aliphatic carbocycles. The lowest BCUT2D eigenvalue weighted by Crippen LogP contribution is -2.23. The predicted molar refractivity (Wildman–Crippen MR) is 43.9 cm³/mol. The highest BCUT2D eigenvalue weighted by molar-refractivity contribution is 5.95. The molecule has 0 unspecified atom stereocenters. The van der Waals surface area contributed by atoms with E-state index in [0.717, 1.165) is 6.21 Å². The second-order valence-corrected chi connectivity index (χ2v) is 3.61. The first-order valence-corrected chi connectivity index (χ1v) is 3.76. The molecule has 0 aromatic carbocycles. The number of rotatable bonds is 2. The van der Waals surface area contributed by atoms with Crippen LogP contribution in [0.3, 0.4) is 0 Å². The first-order chi connectivity index (χ1) is 5.63. The average molecular weight is 195 g/mol. The number of hydrogen-bond donors (Lipinski definition) is 0. The highest BCUT2D eigenvalue weighted by Crippen LogP contribution is 2.17. The zero-order valence-corrected chi connectivity index (χ0v) is 7.77. The molecule has 0 saturated heterocycles. The van der Waals surface area contributed by atoms with Crippen molar-refractivity contribution in [1.82, 2.24) is 0 Å². The Balaban J connectivity index is 4.06. The van der Waals surface area contributed by atoms with Crippen LogP contribution in [0.15, 0.2) is 4.99 Å². The Labute approximate surface area is 74.8 Å². The van der Waals surface area contributed by atoms with Gasteiger partial charge in [0.05, 0.1) is 12.0 Å². The summed E-state index contributed by atoms with van der Waals surface area (Å²) >= 11 is 0. The largest absolute Gasteiger partial charge is 0.450 e. The first-order valence-electron chi connectivity index (χ1n) is 3.76. The van der Waals surface area contributed by atoms with Gasteiger partial charge in [0.1, 0.15) is 0 Å². The predicted octanol–water partition coefficient (Wildman–Crippen LogP) is 2.38. The van der Waals surface area contributed by atoms with Crippen molar-refractivity contribution in [1.29, 1.82) is 0 Å². The van der Waals surface area contributed by atoms with E-state index >= 15 is 0 Å². The topological polar surface area (TPSA) is 29.4 Å². The molecule has 0 aromatic heterocycles. The smallest absolute Gasteiger partial charge is 0.291 e. The van der Waals surface area contributed by atoms with Crippen LogP contribution in [0.5, 0.6) is 0 Å². The minimum Gasteiger partial charge on any atom is -0.291 e. The molecule has 0 atom stereocenters. The van der Waals surface area contributed by atoms with Crippen LogP contribution < -0.4 is 0 Å². The molecule has 0 aliphatic heterocycles. The highest BCUT2D eigenvalue weighted by Gasteiger charge is 2.36. The van der Waals surface area contributed by atoms with Crippen molar-refractivity contribution in [2.45, 2.75) is 38.9 Å². The van der Waals surface area contributed by atoms with Crippen LogP contribution in [0, 0.1) is 0 Å². The number of Topliss-reactive ketones (excluding diaryl/α,β-unsaturated/α-hetero) is 1. The molecular weight excluding hydrogens is 183 g/mol. The molecule has 0 saturated carbocycles. The molecule has 76 valence electrons. The van der Waals surface area contributed by atoms with Crippen LogP contribution in [-0.2, 0) is 4.79 Å². The number of aliphatic imine (C=N–C) groups is 1. The van der Waals surface area contributed by atoms with Gasteiger partial charge in [-0.15, -0.1) is 0 Å². The van der Waals surface area contributed by atoms with Crippen molar-refractivity contribution in [3.63, 3.8) is 0 Å². The van der Waals surface area contributed by atoms with Gasteiger partial charge in [-0.1, -0.05) is 0 Å². The minimum absolute atomic E-state index is 0.439. The molecule has 0 fully saturated rings. The molecule has 0 heterocycles. The van der Waals surface area contributed by atoms with Crippen molar-refractivity contribution in [2.24, 2.45) is 4.99 Å². The van der Waals surface area contributed by atoms with Crippen molar-refractivity contribution in [3.05, 3.63) is 0 Å². The zero-order chi connectivity index (χ0) is 10.7. The number of halogens is 3. The number of carbonyl (C=O) groups excluding carboxylic acids is 1. The van der Waals surface area contributed by atoms with Gasteiger partial charge < -0.3 is 0 Å². The maximum absolute atomic E-state index is 11.7. The van der Waals surface area contributed by atoms with Crippen LogP contribution in [0.25, 0.3) is 0 Å². The van der Waals surface area contributed by atoms with Crippen LogP contribution in [-0.4, -0.2) is 23.7 Å². The van der Waals surface area contributed by atoms with E-state index in [1.54, 1.807) is 20.8 Å². The summed E-state index contributed by atoms with van der Waals surface area (Å²) in [6.45, 7) is 5.21. The summed E-state index contributed by atoms with van der Waals surface area (Å²) < 4.78 is 35.0. The normalized spacial score (nSPS) is 13.7. The zero-order valence-electron chi connectivity index (χ0n) is 7.77. The van der Waals surface area contributed by atoms with E-state index in [1.165, 1.54) is 0 Å². The molecule has 0 rings (SSSR count). The third kappa shape index (κ3) is 6.31. The van der Waals surface area contributed by atoms with Gasteiger partial charge in [0.25, 0.3) is 0 Å². The Morgan fingerprint density at radius 3 is 2.08 bits per heavy atom. The first kappa shape index (κ1) is 12.1. The Kier molecular flexibility index (Phi) is 3.63. The quantitative estimate of drug-likeness (QED) is 0.622. The van der Waals surface area contributed by atoms with Gasteiger partial charge in [-0.25, -0.2) is 0 Å². The van der Waals surface area contributed by atoms with E-state index in [4.69, 9.17) is 0 Å². The maximum Gasteiger partial charge on any atom is 0.450 e. The average Bonchev–Trinajstić information content (AvgIpc) is 1.82. The second-order valence-electron chi connectivity index (χ2n) is 3.61. The van der Waals surface area contributed by atoms with Gasteiger partial charge in [-0.05, 0) is 20.8 Å². The lowest BCUT2D eigenvalue weighted by Gasteiger charge is -2.10. The summed E-state index contributed by atoms with van der Waals surface area (Å²) in [7, 11) is 0. The summed E-state index contributed by atoms with van der Waals surface area (Å²) in [6, 6.07) is 0. The SMILES string of the molecule is CC(C)(C)N=CCC(=O)C(F)(F)F. The summed E-state index contributed by atoms with van der Waals surface area (Å²) in [4.78, 5) is 14.1. The van der Waals surface area contributed by atoms with Gasteiger partial charge in [-0.3, -0.25) is 9.79 Å². The molecule has 5 heteroatoms. The Bertz CT molecular complexity index is 212. The molecule has 0 aliphatic rings. The van der Waals surface area contributed by atoms with E-state index in [2.05, 4.69) is 4.99 Å². The Hall–Kier alpha value is -0.870. The summed E-state index contributed by atoms with van der Waals surface area (Å²) in [5, 5.41) is 0. The molecule has 0 radical (unpaired) electrons. The Morgan fingerprint density at radius 1 is 1.31 bits per heavy atom. The van der Waals surface area contributed by atoms with Gasteiger partial charge in [0, 0.05) is 6.21 Å². The molecule has 0 amide bonds. The molecule has 0 spiro atoms. The molecule has 0 bridgehead atoms. The number of ketones is 1. The minimum atomic E-state index is -4.75. The van der Waals surface area contributed by atoms with Crippen molar-refractivity contribution < 1.29 is 18.0 Å². The lowest BCUT2D eigenvalue weighted by molar-refractivity contribution is -0.169. The number of hydrogen-bond acceptors (Lipinski definition) is 2. The van der Waals surface area contributed by atoms with E-state index in [9.17, 15) is 18.0 Å². The van der Waals surface area contributed by atoms with Gasteiger partial charge >= 0.3 is 6.18 Å². The van der Waals surface area contributed by atoms with Crippen molar-refractivity contribution in [3.8, 4) is 0 Å². The highest BCUT2D eigenvalue weighted by atomic mass is 19.4. The summed E-state index contributed by atoms with van der Waals surface area (Å²) in [6.07, 6.45) is -4.42. The van der Waals surface area contributed by atoms with Gasteiger partial charge in [0.15, 0.2) is 0 Å². The van der Waals surface area contributed by atoms with Gasteiger partial charge in [0.2, 0.25) is 5.78 Å². The third-order valence-electron chi connectivity index (χ3n) is 1.07. The molecule has 0 N–H and O–H groups in total.